The highest BCUT2D eigenvalue weighted by Gasteiger charge is 2.34. The molecule has 0 aliphatic carbocycles. The Hall–Kier alpha value is -3.55. The minimum absolute atomic E-state index is 0.0293. The molecular formula is C20H19N5O3. The average Bonchev–Trinajstić information content (AvgIpc) is 3.34. The highest BCUT2D eigenvalue weighted by atomic mass is 16.5. The van der Waals surface area contributed by atoms with E-state index < -0.39 is 12.1 Å². The number of benzene rings is 2. The summed E-state index contributed by atoms with van der Waals surface area (Å²) in [7, 11) is 0. The second-order valence-electron chi connectivity index (χ2n) is 6.74. The summed E-state index contributed by atoms with van der Waals surface area (Å²) < 4.78 is 6.91. The SMILES string of the molecule is C[C@@H]1Cc2ccccc2N1C(=O)[C@@H](C)OC(=O)c1ccc(-n2cnnn2)cc1. The molecule has 0 radical (unpaired) electrons. The van der Waals surface area contributed by atoms with Crippen molar-refractivity contribution in [3.8, 4) is 5.69 Å². The number of rotatable bonds is 4. The molecule has 2 heterocycles. The zero-order valence-corrected chi connectivity index (χ0v) is 15.5. The number of fused-ring (bicyclic) bond motifs is 1. The Bertz CT molecular complexity index is 1000. The quantitative estimate of drug-likeness (QED) is 0.648. The van der Waals surface area contributed by atoms with Crippen LogP contribution in [0.4, 0.5) is 5.69 Å². The lowest BCUT2D eigenvalue weighted by molar-refractivity contribution is -0.126. The number of nitrogens with zero attached hydrogens (tertiary/aromatic N) is 5. The number of anilines is 1. The Morgan fingerprint density at radius 3 is 2.61 bits per heavy atom. The molecule has 0 N–H and O–H groups in total. The third-order valence-electron chi connectivity index (χ3n) is 4.79. The molecule has 1 aliphatic heterocycles. The Balaban J connectivity index is 1.45. The summed E-state index contributed by atoms with van der Waals surface area (Å²) in [5, 5.41) is 10.9. The van der Waals surface area contributed by atoms with E-state index in [4.69, 9.17) is 4.74 Å². The second-order valence-corrected chi connectivity index (χ2v) is 6.74. The number of hydrogen-bond donors (Lipinski definition) is 0. The molecule has 4 rings (SSSR count). The molecule has 0 fully saturated rings. The first-order valence-corrected chi connectivity index (χ1v) is 9.00. The second kappa shape index (κ2) is 7.22. The third kappa shape index (κ3) is 3.24. The van der Waals surface area contributed by atoms with Crippen molar-refractivity contribution in [2.24, 2.45) is 0 Å². The average molecular weight is 377 g/mol. The Labute approximate surface area is 161 Å². The summed E-state index contributed by atoms with van der Waals surface area (Å²) in [5.41, 5.74) is 3.08. The van der Waals surface area contributed by atoms with Gasteiger partial charge in [0.15, 0.2) is 6.10 Å². The molecular weight excluding hydrogens is 358 g/mol. The Morgan fingerprint density at radius 1 is 1.14 bits per heavy atom. The van der Waals surface area contributed by atoms with Gasteiger partial charge in [-0.3, -0.25) is 4.79 Å². The summed E-state index contributed by atoms with van der Waals surface area (Å²) in [4.78, 5) is 27.1. The molecule has 2 aromatic carbocycles. The Morgan fingerprint density at radius 2 is 1.89 bits per heavy atom. The molecule has 8 nitrogen and oxygen atoms in total. The van der Waals surface area contributed by atoms with Crippen molar-refractivity contribution in [1.29, 1.82) is 0 Å². The van der Waals surface area contributed by atoms with Gasteiger partial charge >= 0.3 is 5.97 Å². The monoisotopic (exact) mass is 377 g/mol. The van der Waals surface area contributed by atoms with E-state index in [1.54, 1.807) is 36.1 Å². The molecule has 0 unspecified atom stereocenters. The first-order valence-electron chi connectivity index (χ1n) is 9.00. The van der Waals surface area contributed by atoms with E-state index >= 15 is 0 Å². The fraction of sp³-hybridized carbons (Fsp3) is 0.250. The number of amides is 1. The highest BCUT2D eigenvalue weighted by molar-refractivity contribution is 6.00. The molecule has 142 valence electrons. The molecule has 28 heavy (non-hydrogen) atoms. The predicted molar refractivity (Wildman–Crippen MR) is 101 cm³/mol. The van der Waals surface area contributed by atoms with Gasteiger partial charge in [0.1, 0.15) is 6.33 Å². The number of hydrogen-bond acceptors (Lipinski definition) is 6. The minimum Gasteiger partial charge on any atom is -0.449 e. The van der Waals surface area contributed by atoms with Gasteiger partial charge in [-0.1, -0.05) is 18.2 Å². The molecule has 0 bridgehead atoms. The van der Waals surface area contributed by atoms with Crippen LogP contribution < -0.4 is 4.90 Å². The maximum atomic E-state index is 12.9. The normalized spacial score (nSPS) is 16.5. The van der Waals surface area contributed by atoms with Crippen LogP contribution in [-0.2, 0) is 16.0 Å². The van der Waals surface area contributed by atoms with E-state index in [2.05, 4.69) is 15.5 Å². The maximum absolute atomic E-state index is 12.9. The van der Waals surface area contributed by atoms with Crippen molar-refractivity contribution < 1.29 is 14.3 Å². The minimum atomic E-state index is -0.889. The number of carbonyl (C=O) groups is 2. The standard InChI is InChI=1S/C20H19N5O3/c1-13-11-16-5-3-4-6-18(16)25(13)19(26)14(2)28-20(27)15-7-9-17(10-8-15)24-12-21-22-23-24/h3-10,12-14H,11H2,1-2H3/t13-,14-/m1/s1. The van der Waals surface area contributed by atoms with Crippen LogP contribution in [0.1, 0.15) is 29.8 Å². The number of para-hydroxylation sites is 1. The van der Waals surface area contributed by atoms with Crippen LogP contribution >= 0.6 is 0 Å². The van der Waals surface area contributed by atoms with Gasteiger partial charge < -0.3 is 9.64 Å². The number of tetrazole rings is 1. The lowest BCUT2D eigenvalue weighted by atomic mass is 10.1. The van der Waals surface area contributed by atoms with Crippen molar-refractivity contribution in [3.05, 3.63) is 66.0 Å². The molecule has 2 atom stereocenters. The van der Waals surface area contributed by atoms with Crippen LogP contribution in [-0.4, -0.2) is 44.2 Å². The van der Waals surface area contributed by atoms with Crippen LogP contribution in [0.25, 0.3) is 5.69 Å². The first kappa shape index (κ1) is 17.8. The van der Waals surface area contributed by atoms with Gasteiger partial charge in [-0.25, -0.2) is 9.48 Å². The van der Waals surface area contributed by atoms with Crippen LogP contribution in [0.2, 0.25) is 0 Å². The van der Waals surface area contributed by atoms with Crippen molar-refractivity contribution in [2.75, 3.05) is 4.90 Å². The summed E-state index contributed by atoms with van der Waals surface area (Å²) in [6.07, 6.45) is 1.37. The molecule has 1 aliphatic rings. The molecule has 0 saturated carbocycles. The van der Waals surface area contributed by atoms with Crippen molar-refractivity contribution in [3.63, 3.8) is 0 Å². The zero-order valence-electron chi connectivity index (χ0n) is 15.5. The van der Waals surface area contributed by atoms with E-state index in [0.717, 1.165) is 17.7 Å². The molecule has 0 spiro atoms. The van der Waals surface area contributed by atoms with Crippen molar-refractivity contribution in [2.45, 2.75) is 32.4 Å². The fourth-order valence-electron chi connectivity index (χ4n) is 3.41. The van der Waals surface area contributed by atoms with E-state index in [-0.39, 0.29) is 11.9 Å². The third-order valence-corrected chi connectivity index (χ3v) is 4.79. The lowest BCUT2D eigenvalue weighted by Gasteiger charge is -2.25. The molecule has 1 amide bonds. The highest BCUT2D eigenvalue weighted by Crippen LogP contribution is 2.32. The Kier molecular flexibility index (Phi) is 4.60. The van der Waals surface area contributed by atoms with Crippen LogP contribution in [0, 0.1) is 0 Å². The van der Waals surface area contributed by atoms with E-state index in [9.17, 15) is 9.59 Å². The largest absolute Gasteiger partial charge is 0.449 e. The van der Waals surface area contributed by atoms with Crippen LogP contribution in [0.3, 0.4) is 0 Å². The van der Waals surface area contributed by atoms with Crippen molar-refractivity contribution >= 4 is 17.6 Å². The van der Waals surface area contributed by atoms with Gasteiger partial charge in [-0.05, 0) is 66.6 Å². The van der Waals surface area contributed by atoms with Gasteiger partial charge in [0.25, 0.3) is 5.91 Å². The topological polar surface area (TPSA) is 90.2 Å². The molecule has 0 saturated heterocycles. The van der Waals surface area contributed by atoms with Gasteiger partial charge in [-0.2, -0.15) is 0 Å². The summed E-state index contributed by atoms with van der Waals surface area (Å²) in [5.74, 6) is -0.777. The van der Waals surface area contributed by atoms with E-state index in [1.807, 2.05) is 31.2 Å². The van der Waals surface area contributed by atoms with Crippen LogP contribution in [0.15, 0.2) is 54.9 Å². The molecule has 8 heteroatoms. The van der Waals surface area contributed by atoms with Crippen molar-refractivity contribution in [1.82, 2.24) is 20.2 Å². The maximum Gasteiger partial charge on any atom is 0.338 e. The van der Waals surface area contributed by atoms with Gasteiger partial charge in [0, 0.05) is 11.7 Å². The number of carbonyl (C=O) groups excluding carboxylic acids is 2. The first-order chi connectivity index (χ1) is 13.5. The van der Waals surface area contributed by atoms with Crippen LogP contribution in [0.5, 0.6) is 0 Å². The molecule has 3 aromatic rings. The fourth-order valence-corrected chi connectivity index (χ4v) is 3.41. The zero-order chi connectivity index (χ0) is 19.7. The van der Waals surface area contributed by atoms with E-state index in [1.165, 1.54) is 11.0 Å². The number of aromatic nitrogens is 4. The smallest absolute Gasteiger partial charge is 0.338 e. The summed E-state index contributed by atoms with van der Waals surface area (Å²) in [6.45, 7) is 3.59. The predicted octanol–water partition coefficient (Wildman–Crippen LogP) is 2.19. The summed E-state index contributed by atoms with van der Waals surface area (Å²) in [6, 6.07) is 14.5. The van der Waals surface area contributed by atoms with E-state index in [0.29, 0.717) is 11.3 Å². The number of ether oxygens (including phenoxy) is 1. The summed E-state index contributed by atoms with van der Waals surface area (Å²) >= 11 is 0. The lowest BCUT2D eigenvalue weighted by Crippen LogP contribution is -2.43. The molecule has 1 aromatic heterocycles. The van der Waals surface area contributed by atoms with Gasteiger partial charge in [0.2, 0.25) is 0 Å². The van der Waals surface area contributed by atoms with Gasteiger partial charge in [0.05, 0.1) is 11.3 Å². The van der Waals surface area contributed by atoms with Gasteiger partial charge in [-0.15, -0.1) is 5.10 Å². The number of esters is 1.